The molecule has 2 heterocycles. The lowest BCUT2D eigenvalue weighted by Crippen LogP contribution is -2.58. The Bertz CT molecular complexity index is 603. The maximum atomic E-state index is 12.2. The fourth-order valence-electron chi connectivity index (χ4n) is 3.35. The highest BCUT2D eigenvalue weighted by Crippen LogP contribution is 2.26. The maximum Gasteiger partial charge on any atom is 0.410 e. The van der Waals surface area contributed by atoms with Gasteiger partial charge in [-0.25, -0.2) is 4.79 Å². The molecule has 0 aromatic heterocycles. The molecule has 2 fully saturated rings. The third kappa shape index (κ3) is 4.46. The van der Waals surface area contributed by atoms with E-state index in [1.165, 1.54) is 0 Å². The summed E-state index contributed by atoms with van der Waals surface area (Å²) in [5, 5.41) is 6.56. The summed E-state index contributed by atoms with van der Waals surface area (Å²) >= 11 is 1.74. The molecule has 0 bridgehead atoms. The van der Waals surface area contributed by atoms with Gasteiger partial charge in [-0.3, -0.25) is 10.1 Å². The number of rotatable bonds is 5. The number of ether oxygens (including phenoxy) is 1. The number of nitrogens with zero attached hydrogens (tertiary/aromatic N) is 1. The van der Waals surface area contributed by atoms with Crippen LogP contribution in [-0.2, 0) is 16.1 Å². The molecule has 1 atom stereocenters. The summed E-state index contributed by atoms with van der Waals surface area (Å²) in [7, 11) is 0. The van der Waals surface area contributed by atoms with Crippen LogP contribution in [0.25, 0.3) is 0 Å². The molecule has 136 valence electrons. The van der Waals surface area contributed by atoms with Crippen LogP contribution in [0.3, 0.4) is 0 Å². The molecule has 1 spiro atoms. The van der Waals surface area contributed by atoms with E-state index in [1.54, 1.807) is 16.7 Å². The average molecular weight is 363 g/mol. The van der Waals surface area contributed by atoms with Crippen LogP contribution in [-0.4, -0.2) is 53.7 Å². The average Bonchev–Trinajstić information content (AvgIpc) is 2.94. The number of hydrogen-bond donors (Lipinski definition) is 2. The van der Waals surface area contributed by atoms with E-state index in [0.29, 0.717) is 25.9 Å². The predicted octanol–water partition coefficient (Wildman–Crippen LogP) is 1.96. The number of carbonyl (C=O) groups is 2. The Labute approximate surface area is 152 Å². The summed E-state index contributed by atoms with van der Waals surface area (Å²) in [5.74, 6) is 1.04. The first-order valence-electron chi connectivity index (χ1n) is 8.66. The molecule has 1 aromatic carbocycles. The molecule has 1 aromatic rings. The maximum absolute atomic E-state index is 12.2. The van der Waals surface area contributed by atoms with Gasteiger partial charge in [0, 0.05) is 25.9 Å². The Morgan fingerprint density at radius 2 is 2.04 bits per heavy atom. The van der Waals surface area contributed by atoms with E-state index in [0.717, 1.165) is 17.7 Å². The van der Waals surface area contributed by atoms with Crippen molar-refractivity contribution in [2.24, 2.45) is 0 Å². The quantitative estimate of drug-likeness (QED) is 0.837. The monoisotopic (exact) mass is 363 g/mol. The molecule has 0 saturated carbocycles. The van der Waals surface area contributed by atoms with E-state index in [9.17, 15) is 9.59 Å². The van der Waals surface area contributed by atoms with Gasteiger partial charge in [-0.2, -0.15) is 11.8 Å². The lowest BCUT2D eigenvalue weighted by Gasteiger charge is -2.38. The minimum atomic E-state index is -0.365. The number of hydrogen-bond acceptors (Lipinski definition) is 5. The second kappa shape index (κ2) is 8.10. The zero-order valence-corrected chi connectivity index (χ0v) is 15.3. The Balaban J connectivity index is 1.47. The molecular formula is C18H25N3O3S. The lowest BCUT2D eigenvalue weighted by molar-refractivity contribution is -0.121. The summed E-state index contributed by atoms with van der Waals surface area (Å²) < 4.78 is 5.39. The van der Waals surface area contributed by atoms with Crippen molar-refractivity contribution in [3.63, 3.8) is 0 Å². The van der Waals surface area contributed by atoms with Crippen LogP contribution < -0.4 is 10.6 Å². The van der Waals surface area contributed by atoms with Gasteiger partial charge < -0.3 is 15.0 Å². The second-order valence-corrected chi connectivity index (χ2v) is 7.56. The van der Waals surface area contributed by atoms with Gasteiger partial charge in [-0.15, -0.1) is 0 Å². The topological polar surface area (TPSA) is 70.7 Å². The van der Waals surface area contributed by atoms with Crippen LogP contribution in [0.15, 0.2) is 30.3 Å². The molecule has 2 aliphatic rings. The van der Waals surface area contributed by atoms with Crippen LogP contribution in [0.5, 0.6) is 0 Å². The van der Waals surface area contributed by atoms with Gasteiger partial charge in [0.25, 0.3) is 0 Å². The van der Waals surface area contributed by atoms with Crippen LogP contribution in [0.2, 0.25) is 0 Å². The summed E-state index contributed by atoms with van der Waals surface area (Å²) in [6.45, 7) is 1.44. The van der Waals surface area contributed by atoms with E-state index in [4.69, 9.17) is 4.74 Å². The SMILES string of the molecule is CSCCC1NC2(CCN(C(=O)OCc3ccccc3)CC2)NC1=O. The molecule has 1 unspecified atom stereocenters. The standard InChI is InChI=1S/C18H25N3O3S/c1-25-12-7-15-16(22)20-18(19-15)8-10-21(11-9-18)17(23)24-13-14-5-3-2-4-6-14/h2-6,15,19H,7-13H2,1H3,(H,20,22). The molecule has 0 aliphatic carbocycles. The fraction of sp³-hybridized carbons (Fsp3) is 0.556. The minimum absolute atomic E-state index is 0.0779. The van der Waals surface area contributed by atoms with E-state index in [2.05, 4.69) is 10.6 Å². The number of likely N-dealkylation sites (tertiary alicyclic amines) is 1. The summed E-state index contributed by atoms with van der Waals surface area (Å²) in [6.07, 6.45) is 3.99. The zero-order chi connectivity index (χ0) is 17.7. The Morgan fingerprint density at radius 3 is 2.72 bits per heavy atom. The van der Waals surface area contributed by atoms with E-state index >= 15 is 0 Å². The van der Waals surface area contributed by atoms with Crippen LogP contribution in [0.1, 0.15) is 24.8 Å². The van der Waals surface area contributed by atoms with Crippen LogP contribution in [0, 0.1) is 0 Å². The third-order valence-electron chi connectivity index (χ3n) is 4.82. The van der Waals surface area contributed by atoms with Gasteiger partial charge in [-0.1, -0.05) is 30.3 Å². The minimum Gasteiger partial charge on any atom is -0.445 e. The Morgan fingerprint density at radius 1 is 1.32 bits per heavy atom. The van der Waals surface area contributed by atoms with Gasteiger partial charge in [0.15, 0.2) is 0 Å². The summed E-state index contributed by atoms with van der Waals surface area (Å²) in [5.41, 5.74) is 0.613. The van der Waals surface area contributed by atoms with Crippen molar-refractivity contribution in [1.82, 2.24) is 15.5 Å². The summed E-state index contributed by atoms with van der Waals surface area (Å²) in [6, 6.07) is 9.54. The van der Waals surface area contributed by atoms with Crippen molar-refractivity contribution in [2.45, 2.75) is 37.6 Å². The first kappa shape index (κ1) is 18.1. The number of carbonyl (C=O) groups excluding carboxylic acids is 2. The third-order valence-corrected chi connectivity index (χ3v) is 5.46. The van der Waals surface area contributed by atoms with Crippen molar-refractivity contribution >= 4 is 23.8 Å². The molecule has 2 saturated heterocycles. The number of benzene rings is 1. The fourth-order valence-corrected chi connectivity index (χ4v) is 3.82. The number of nitrogens with one attached hydrogen (secondary N) is 2. The Kier molecular flexibility index (Phi) is 5.86. The van der Waals surface area contributed by atoms with E-state index in [1.807, 2.05) is 36.6 Å². The highest BCUT2D eigenvalue weighted by atomic mass is 32.2. The first-order valence-corrected chi connectivity index (χ1v) is 10.1. The Hall–Kier alpha value is -1.73. The van der Waals surface area contributed by atoms with Gasteiger partial charge >= 0.3 is 6.09 Å². The molecular weight excluding hydrogens is 338 g/mol. The molecule has 2 aliphatic heterocycles. The molecule has 2 amide bonds. The van der Waals surface area contributed by atoms with Gasteiger partial charge in [0.2, 0.25) is 5.91 Å². The molecule has 0 radical (unpaired) electrons. The zero-order valence-electron chi connectivity index (χ0n) is 14.5. The number of piperidine rings is 1. The van der Waals surface area contributed by atoms with Crippen LogP contribution >= 0.6 is 11.8 Å². The van der Waals surface area contributed by atoms with Crippen molar-refractivity contribution in [3.05, 3.63) is 35.9 Å². The number of thioether (sulfide) groups is 1. The molecule has 7 heteroatoms. The highest BCUT2D eigenvalue weighted by molar-refractivity contribution is 7.98. The van der Waals surface area contributed by atoms with Crippen molar-refractivity contribution < 1.29 is 14.3 Å². The van der Waals surface area contributed by atoms with Gasteiger partial charge in [0.05, 0.1) is 11.7 Å². The largest absolute Gasteiger partial charge is 0.445 e. The molecule has 6 nitrogen and oxygen atoms in total. The lowest BCUT2D eigenvalue weighted by atomic mass is 9.98. The van der Waals surface area contributed by atoms with E-state index in [-0.39, 0.29) is 30.3 Å². The van der Waals surface area contributed by atoms with Crippen molar-refractivity contribution in [2.75, 3.05) is 25.1 Å². The number of amides is 2. The smallest absolute Gasteiger partial charge is 0.410 e. The van der Waals surface area contributed by atoms with Crippen LogP contribution in [0.4, 0.5) is 4.79 Å². The predicted molar refractivity (Wildman–Crippen MR) is 98.2 cm³/mol. The van der Waals surface area contributed by atoms with E-state index < -0.39 is 0 Å². The first-order chi connectivity index (χ1) is 12.1. The normalized spacial score (nSPS) is 22.0. The van der Waals surface area contributed by atoms with Gasteiger partial charge in [-0.05, 0) is 24.0 Å². The van der Waals surface area contributed by atoms with Crippen molar-refractivity contribution in [1.29, 1.82) is 0 Å². The van der Waals surface area contributed by atoms with Crippen molar-refractivity contribution in [3.8, 4) is 0 Å². The molecule has 2 N–H and O–H groups in total. The van der Waals surface area contributed by atoms with Gasteiger partial charge in [0.1, 0.15) is 6.61 Å². The molecule has 3 rings (SSSR count). The highest BCUT2D eigenvalue weighted by Gasteiger charge is 2.45. The molecule has 25 heavy (non-hydrogen) atoms. The summed E-state index contributed by atoms with van der Waals surface area (Å²) in [4.78, 5) is 26.1. The second-order valence-electron chi connectivity index (χ2n) is 6.58.